The number of para-hydroxylation sites is 1. The second-order valence-corrected chi connectivity index (χ2v) is 7.22. The van der Waals surface area contributed by atoms with Crippen LogP contribution in [0.4, 0.5) is 5.69 Å². The van der Waals surface area contributed by atoms with E-state index in [0.717, 1.165) is 30.5 Å². The van der Waals surface area contributed by atoms with Crippen LogP contribution < -0.4 is 4.31 Å². The molecule has 0 amide bonds. The summed E-state index contributed by atoms with van der Waals surface area (Å²) in [6.45, 7) is 2.05. The maximum absolute atomic E-state index is 12.3. The molecule has 1 aromatic rings. The second-order valence-electron chi connectivity index (χ2n) is 5.39. The van der Waals surface area contributed by atoms with Crippen LogP contribution in [0.2, 0.25) is 0 Å². The first-order valence-corrected chi connectivity index (χ1v) is 8.43. The maximum Gasteiger partial charge on any atom is 0.233 e. The lowest BCUT2D eigenvalue weighted by Gasteiger charge is -2.51. The van der Waals surface area contributed by atoms with Gasteiger partial charge in [0.05, 0.1) is 11.9 Å². The average Bonchev–Trinajstić information content (AvgIpc) is 2.35. The summed E-state index contributed by atoms with van der Waals surface area (Å²) in [5.74, 6) is 0. The summed E-state index contributed by atoms with van der Waals surface area (Å²) in [6, 6.07) is 7.79. The summed E-state index contributed by atoms with van der Waals surface area (Å²) in [5, 5.41) is 0. The van der Waals surface area contributed by atoms with E-state index >= 15 is 0 Å². The Morgan fingerprint density at radius 2 is 1.90 bits per heavy atom. The van der Waals surface area contributed by atoms with Crippen molar-refractivity contribution in [1.82, 2.24) is 4.90 Å². The Kier molecular flexibility index (Phi) is 5.11. The third kappa shape index (κ3) is 2.67. The number of fused-ring (bicyclic) bond motifs is 1. The Morgan fingerprint density at radius 1 is 1.30 bits per heavy atom. The first kappa shape index (κ1) is 17.3. The molecule has 0 aromatic heterocycles. The lowest BCUT2D eigenvalue weighted by Crippen LogP contribution is -2.62. The van der Waals surface area contributed by atoms with Crippen LogP contribution in [0.1, 0.15) is 25.3 Å². The summed E-state index contributed by atoms with van der Waals surface area (Å²) in [5.41, 5.74) is 1.48. The van der Waals surface area contributed by atoms with E-state index in [1.54, 1.807) is 4.31 Å². The molecule has 1 aliphatic rings. The standard InChI is InChI=1S/C14H22N2O2S.ClH/c1-5-14(15(2)3)11-10-12-8-6-7-9-13(12)16(14)19(4,17)18;/h6-9H,5,10-11H2,1-4H3;1H. The number of nitrogens with zero attached hydrogens (tertiary/aromatic N) is 2. The van der Waals surface area contributed by atoms with Crippen molar-refractivity contribution in [3.05, 3.63) is 29.8 Å². The van der Waals surface area contributed by atoms with E-state index in [9.17, 15) is 8.42 Å². The van der Waals surface area contributed by atoms with E-state index in [-0.39, 0.29) is 12.4 Å². The molecule has 0 saturated carbocycles. The first-order chi connectivity index (χ1) is 8.83. The minimum Gasteiger partial charge on any atom is -0.286 e. The molecule has 4 nitrogen and oxygen atoms in total. The minimum absolute atomic E-state index is 0. The van der Waals surface area contributed by atoms with Crippen LogP contribution in [0, 0.1) is 0 Å². The lowest BCUT2D eigenvalue weighted by molar-refractivity contribution is 0.140. The molecule has 0 N–H and O–H groups in total. The van der Waals surface area contributed by atoms with E-state index < -0.39 is 15.7 Å². The number of anilines is 1. The molecule has 0 bridgehead atoms. The zero-order valence-corrected chi connectivity index (χ0v) is 14.1. The highest BCUT2D eigenvalue weighted by Gasteiger charge is 2.45. The van der Waals surface area contributed by atoms with E-state index in [1.807, 2.05) is 50.2 Å². The van der Waals surface area contributed by atoms with Crippen molar-refractivity contribution < 1.29 is 8.42 Å². The van der Waals surface area contributed by atoms with Gasteiger partial charge in [-0.3, -0.25) is 9.21 Å². The molecule has 0 saturated heterocycles. The van der Waals surface area contributed by atoms with Gasteiger partial charge in [0, 0.05) is 0 Å². The number of sulfonamides is 1. The van der Waals surface area contributed by atoms with Gasteiger partial charge in [-0.15, -0.1) is 12.4 Å². The van der Waals surface area contributed by atoms with Gasteiger partial charge >= 0.3 is 0 Å². The monoisotopic (exact) mass is 318 g/mol. The molecule has 1 aliphatic heterocycles. The third-order valence-corrected chi connectivity index (χ3v) is 5.31. The van der Waals surface area contributed by atoms with E-state index in [0.29, 0.717) is 0 Å². The second kappa shape index (κ2) is 5.92. The van der Waals surface area contributed by atoms with E-state index in [1.165, 1.54) is 6.26 Å². The van der Waals surface area contributed by atoms with Gasteiger partial charge in [-0.25, -0.2) is 8.42 Å². The van der Waals surface area contributed by atoms with Gasteiger partial charge < -0.3 is 0 Å². The van der Waals surface area contributed by atoms with E-state index in [4.69, 9.17) is 0 Å². The minimum atomic E-state index is -3.31. The number of rotatable bonds is 3. The van der Waals surface area contributed by atoms with Crippen molar-refractivity contribution in [2.45, 2.75) is 31.8 Å². The maximum atomic E-state index is 12.3. The van der Waals surface area contributed by atoms with Crippen molar-refractivity contribution in [2.24, 2.45) is 0 Å². The Balaban J connectivity index is 0.00000200. The number of benzene rings is 1. The fourth-order valence-corrected chi connectivity index (χ4v) is 4.65. The largest absolute Gasteiger partial charge is 0.286 e. The quantitative estimate of drug-likeness (QED) is 0.859. The van der Waals surface area contributed by atoms with Crippen molar-refractivity contribution >= 4 is 28.1 Å². The number of hydrogen-bond acceptors (Lipinski definition) is 3. The summed E-state index contributed by atoms with van der Waals surface area (Å²) >= 11 is 0. The van der Waals surface area contributed by atoms with Crippen LogP contribution in [-0.2, 0) is 16.4 Å². The summed E-state index contributed by atoms with van der Waals surface area (Å²) in [4.78, 5) is 2.03. The van der Waals surface area contributed by atoms with Crippen molar-refractivity contribution in [3.63, 3.8) is 0 Å². The third-order valence-electron chi connectivity index (χ3n) is 4.11. The van der Waals surface area contributed by atoms with Gasteiger partial charge in [-0.05, 0) is 45.0 Å². The fourth-order valence-electron chi connectivity index (χ4n) is 3.11. The van der Waals surface area contributed by atoms with E-state index in [2.05, 4.69) is 0 Å². The van der Waals surface area contributed by atoms with Gasteiger partial charge in [0.15, 0.2) is 0 Å². The molecule has 2 rings (SSSR count). The normalized spacial score (nSPS) is 22.4. The van der Waals surface area contributed by atoms with Crippen molar-refractivity contribution in [3.8, 4) is 0 Å². The molecular weight excluding hydrogens is 296 g/mol. The van der Waals surface area contributed by atoms with Gasteiger partial charge in [0.25, 0.3) is 0 Å². The van der Waals surface area contributed by atoms with Gasteiger partial charge in [0.2, 0.25) is 10.0 Å². The Hall–Kier alpha value is -0.780. The Morgan fingerprint density at radius 3 is 2.40 bits per heavy atom. The number of aryl methyl sites for hydroxylation is 1. The molecule has 1 unspecified atom stereocenters. The molecule has 1 atom stereocenters. The smallest absolute Gasteiger partial charge is 0.233 e. The molecule has 0 fully saturated rings. The zero-order valence-electron chi connectivity index (χ0n) is 12.5. The molecule has 0 spiro atoms. The number of halogens is 1. The van der Waals surface area contributed by atoms with Gasteiger partial charge in [-0.2, -0.15) is 0 Å². The van der Waals surface area contributed by atoms with Crippen LogP contribution in [0.5, 0.6) is 0 Å². The first-order valence-electron chi connectivity index (χ1n) is 6.58. The van der Waals surface area contributed by atoms with Crippen LogP contribution >= 0.6 is 12.4 Å². The Labute approximate surface area is 128 Å². The van der Waals surface area contributed by atoms with Crippen LogP contribution in [0.3, 0.4) is 0 Å². The molecule has 1 aromatic carbocycles. The molecule has 0 aliphatic carbocycles. The average molecular weight is 319 g/mol. The Bertz CT molecular complexity index is 574. The predicted molar refractivity (Wildman–Crippen MR) is 86.0 cm³/mol. The summed E-state index contributed by atoms with van der Waals surface area (Å²) in [6.07, 6.45) is 3.79. The van der Waals surface area contributed by atoms with Crippen LogP contribution in [0.15, 0.2) is 24.3 Å². The molecule has 1 heterocycles. The highest BCUT2D eigenvalue weighted by molar-refractivity contribution is 7.92. The molecule has 6 heteroatoms. The van der Waals surface area contributed by atoms with Gasteiger partial charge in [0.1, 0.15) is 5.66 Å². The zero-order chi connectivity index (χ0) is 14.3. The fraction of sp³-hybridized carbons (Fsp3) is 0.571. The molecular formula is C14H23ClN2O2S. The van der Waals surface area contributed by atoms with Crippen molar-refractivity contribution in [2.75, 3.05) is 24.7 Å². The van der Waals surface area contributed by atoms with Crippen LogP contribution in [-0.4, -0.2) is 39.3 Å². The SMILES string of the molecule is CCC1(N(C)C)CCc2ccccc2N1S(C)(=O)=O.Cl. The molecule has 114 valence electrons. The summed E-state index contributed by atoms with van der Waals surface area (Å²) < 4.78 is 26.3. The topological polar surface area (TPSA) is 40.6 Å². The van der Waals surface area contributed by atoms with Crippen LogP contribution in [0.25, 0.3) is 0 Å². The lowest BCUT2D eigenvalue weighted by atomic mass is 9.90. The highest BCUT2D eigenvalue weighted by Crippen LogP contribution is 2.41. The van der Waals surface area contributed by atoms with Gasteiger partial charge in [-0.1, -0.05) is 25.1 Å². The summed E-state index contributed by atoms with van der Waals surface area (Å²) in [7, 11) is 0.596. The van der Waals surface area contributed by atoms with Crippen molar-refractivity contribution in [1.29, 1.82) is 0 Å². The molecule has 0 radical (unpaired) electrons. The number of hydrogen-bond donors (Lipinski definition) is 0. The highest BCUT2D eigenvalue weighted by atomic mass is 35.5. The predicted octanol–water partition coefficient (Wildman–Crippen LogP) is 2.49. The molecule has 20 heavy (non-hydrogen) atoms.